The van der Waals surface area contributed by atoms with Crippen LogP contribution in [0.5, 0.6) is 5.75 Å². The zero-order valence-corrected chi connectivity index (χ0v) is 17.7. The molecule has 1 aliphatic rings. The first-order chi connectivity index (χ1) is 14.7. The molecule has 3 aromatic rings. The number of aromatic nitrogens is 3. The van der Waals surface area contributed by atoms with E-state index in [1.165, 1.54) is 22.9 Å². The summed E-state index contributed by atoms with van der Waals surface area (Å²) in [6, 6.07) is 17.3. The van der Waals surface area contributed by atoms with Crippen molar-refractivity contribution >= 4 is 17.7 Å². The number of benzene rings is 2. The fourth-order valence-electron chi connectivity index (χ4n) is 3.64. The lowest BCUT2D eigenvalue weighted by Gasteiger charge is -2.30. The van der Waals surface area contributed by atoms with E-state index in [9.17, 15) is 4.79 Å². The van der Waals surface area contributed by atoms with Gasteiger partial charge in [-0.2, -0.15) is 0 Å². The molecule has 156 valence electrons. The predicted octanol–water partition coefficient (Wildman–Crippen LogP) is 3.51. The average Bonchev–Trinajstić information content (AvgIpc) is 3.18. The standard InChI is InChI=1S/C22H25N5O2S/c1-29-18-13-7-6-12-17(18)20-24-25-22(27(20)23)30-19(16-10-4-2-5-11-16)21(28)26-14-8-3-9-15-26/h2,4-7,10-13,19H,3,8-9,14-15,23H2,1H3. The van der Waals surface area contributed by atoms with Gasteiger partial charge in [-0.25, -0.2) is 4.68 Å². The Bertz CT molecular complexity index is 1000. The molecule has 7 nitrogen and oxygen atoms in total. The lowest BCUT2D eigenvalue weighted by atomic mass is 10.1. The minimum Gasteiger partial charge on any atom is -0.496 e. The summed E-state index contributed by atoms with van der Waals surface area (Å²) in [5.74, 6) is 7.60. The van der Waals surface area contributed by atoms with Gasteiger partial charge in [0.05, 0.1) is 12.7 Å². The van der Waals surface area contributed by atoms with Crippen molar-refractivity contribution in [3.05, 3.63) is 60.2 Å². The Kier molecular flexibility index (Phi) is 6.23. The normalized spacial score (nSPS) is 15.0. The molecule has 0 radical (unpaired) electrons. The highest BCUT2D eigenvalue weighted by Gasteiger charge is 2.30. The second kappa shape index (κ2) is 9.21. The zero-order valence-electron chi connectivity index (χ0n) is 16.9. The van der Waals surface area contributed by atoms with Crippen LogP contribution in [0, 0.1) is 0 Å². The summed E-state index contributed by atoms with van der Waals surface area (Å²) in [4.78, 5) is 15.3. The Balaban J connectivity index is 1.65. The van der Waals surface area contributed by atoms with Crippen molar-refractivity contribution in [1.82, 2.24) is 19.8 Å². The first-order valence-corrected chi connectivity index (χ1v) is 10.9. The number of nitrogens with two attached hydrogens (primary N) is 1. The third-order valence-electron chi connectivity index (χ3n) is 5.23. The van der Waals surface area contributed by atoms with Gasteiger partial charge in [-0.05, 0) is 37.0 Å². The number of nitrogen functional groups attached to an aromatic ring is 1. The van der Waals surface area contributed by atoms with Gasteiger partial charge in [0.1, 0.15) is 11.0 Å². The van der Waals surface area contributed by atoms with E-state index in [4.69, 9.17) is 10.6 Å². The highest BCUT2D eigenvalue weighted by atomic mass is 32.2. The van der Waals surface area contributed by atoms with E-state index >= 15 is 0 Å². The molecular weight excluding hydrogens is 398 g/mol. The van der Waals surface area contributed by atoms with Crippen molar-refractivity contribution in [3.8, 4) is 17.1 Å². The Hall–Kier alpha value is -3.00. The highest BCUT2D eigenvalue weighted by Crippen LogP contribution is 2.38. The van der Waals surface area contributed by atoms with Gasteiger partial charge < -0.3 is 15.5 Å². The van der Waals surface area contributed by atoms with Crippen molar-refractivity contribution in [2.24, 2.45) is 0 Å². The van der Waals surface area contributed by atoms with Gasteiger partial charge in [0.25, 0.3) is 0 Å². The van der Waals surface area contributed by atoms with E-state index in [0.29, 0.717) is 16.7 Å². The lowest BCUT2D eigenvalue weighted by molar-refractivity contribution is -0.131. The number of hydrogen-bond acceptors (Lipinski definition) is 6. The summed E-state index contributed by atoms with van der Waals surface area (Å²) in [6.45, 7) is 1.59. The van der Waals surface area contributed by atoms with E-state index in [1.54, 1.807) is 7.11 Å². The molecule has 1 unspecified atom stereocenters. The summed E-state index contributed by atoms with van der Waals surface area (Å²) < 4.78 is 6.86. The topological polar surface area (TPSA) is 86.3 Å². The number of para-hydroxylation sites is 1. The molecular formula is C22H25N5O2S. The number of thioether (sulfide) groups is 1. The van der Waals surface area contributed by atoms with E-state index in [-0.39, 0.29) is 5.91 Å². The van der Waals surface area contributed by atoms with Gasteiger partial charge in [-0.3, -0.25) is 4.79 Å². The van der Waals surface area contributed by atoms with Crippen LogP contribution in [0.4, 0.5) is 0 Å². The third kappa shape index (κ3) is 4.14. The first-order valence-electron chi connectivity index (χ1n) is 10.0. The van der Waals surface area contributed by atoms with Gasteiger partial charge in [-0.15, -0.1) is 10.2 Å². The van der Waals surface area contributed by atoms with Crippen LogP contribution in [0.3, 0.4) is 0 Å². The fourth-order valence-corrected chi connectivity index (χ4v) is 4.69. The van der Waals surface area contributed by atoms with Gasteiger partial charge in [0.15, 0.2) is 5.82 Å². The molecule has 0 bridgehead atoms. The number of amides is 1. The lowest BCUT2D eigenvalue weighted by Crippen LogP contribution is -2.38. The Labute approximate surface area is 180 Å². The summed E-state index contributed by atoms with van der Waals surface area (Å²) >= 11 is 1.33. The maximum absolute atomic E-state index is 13.4. The monoisotopic (exact) mass is 423 g/mol. The maximum atomic E-state index is 13.4. The molecule has 1 saturated heterocycles. The Morgan fingerprint density at radius 3 is 2.47 bits per heavy atom. The van der Waals surface area contributed by atoms with Crippen LogP contribution in [-0.4, -0.2) is 45.9 Å². The predicted molar refractivity (Wildman–Crippen MR) is 118 cm³/mol. The van der Waals surface area contributed by atoms with Crippen LogP contribution in [0.2, 0.25) is 0 Å². The van der Waals surface area contributed by atoms with Crippen LogP contribution in [0.1, 0.15) is 30.1 Å². The molecule has 4 rings (SSSR count). The molecule has 2 aromatic carbocycles. The quantitative estimate of drug-likeness (QED) is 0.482. The average molecular weight is 424 g/mol. The van der Waals surface area contributed by atoms with Gasteiger partial charge in [0.2, 0.25) is 11.1 Å². The Morgan fingerprint density at radius 1 is 1.03 bits per heavy atom. The fraction of sp³-hybridized carbons (Fsp3) is 0.318. The van der Waals surface area contributed by atoms with E-state index in [2.05, 4.69) is 10.2 Å². The second-order valence-corrected chi connectivity index (χ2v) is 8.24. The number of nitrogens with zero attached hydrogens (tertiary/aromatic N) is 4. The largest absolute Gasteiger partial charge is 0.496 e. The minimum absolute atomic E-state index is 0.0905. The van der Waals surface area contributed by atoms with Crippen LogP contribution >= 0.6 is 11.8 Å². The molecule has 8 heteroatoms. The molecule has 1 aliphatic heterocycles. The first kappa shape index (κ1) is 20.3. The molecule has 0 aliphatic carbocycles. The molecule has 1 amide bonds. The van der Waals surface area contributed by atoms with Crippen molar-refractivity contribution in [2.45, 2.75) is 29.7 Å². The number of carbonyl (C=O) groups is 1. The number of rotatable bonds is 6. The van der Waals surface area contributed by atoms with Gasteiger partial charge in [-0.1, -0.05) is 54.2 Å². The van der Waals surface area contributed by atoms with Crippen LogP contribution in [0.25, 0.3) is 11.4 Å². The Morgan fingerprint density at radius 2 is 1.73 bits per heavy atom. The number of piperidine rings is 1. The van der Waals surface area contributed by atoms with Crippen LogP contribution in [0.15, 0.2) is 59.8 Å². The molecule has 2 N–H and O–H groups in total. The van der Waals surface area contributed by atoms with Crippen molar-refractivity contribution < 1.29 is 9.53 Å². The van der Waals surface area contributed by atoms with Crippen molar-refractivity contribution in [1.29, 1.82) is 0 Å². The van der Waals surface area contributed by atoms with Gasteiger partial charge >= 0.3 is 0 Å². The molecule has 2 heterocycles. The van der Waals surface area contributed by atoms with Crippen molar-refractivity contribution in [3.63, 3.8) is 0 Å². The summed E-state index contributed by atoms with van der Waals surface area (Å²) in [5.41, 5.74) is 1.68. The van der Waals surface area contributed by atoms with Crippen LogP contribution < -0.4 is 10.6 Å². The summed E-state index contributed by atoms with van der Waals surface area (Å²) in [7, 11) is 1.61. The van der Waals surface area contributed by atoms with Crippen molar-refractivity contribution in [2.75, 3.05) is 26.0 Å². The highest BCUT2D eigenvalue weighted by molar-refractivity contribution is 8.00. The summed E-state index contributed by atoms with van der Waals surface area (Å²) in [6.07, 6.45) is 3.26. The molecule has 0 saturated carbocycles. The van der Waals surface area contributed by atoms with Crippen LogP contribution in [-0.2, 0) is 4.79 Å². The minimum atomic E-state index is -0.429. The number of likely N-dealkylation sites (tertiary alicyclic amines) is 1. The smallest absolute Gasteiger partial charge is 0.240 e. The number of carbonyl (C=O) groups excluding carboxylic acids is 1. The number of methoxy groups -OCH3 is 1. The summed E-state index contributed by atoms with van der Waals surface area (Å²) in [5, 5.41) is 8.61. The molecule has 1 aromatic heterocycles. The number of ether oxygens (including phenoxy) is 1. The molecule has 1 atom stereocenters. The maximum Gasteiger partial charge on any atom is 0.240 e. The second-order valence-electron chi connectivity index (χ2n) is 7.17. The van der Waals surface area contributed by atoms with E-state index < -0.39 is 5.25 Å². The molecule has 1 fully saturated rings. The molecule has 0 spiro atoms. The zero-order chi connectivity index (χ0) is 20.9. The molecule has 30 heavy (non-hydrogen) atoms. The number of hydrogen-bond donors (Lipinski definition) is 1. The SMILES string of the molecule is COc1ccccc1-c1nnc(SC(C(=O)N2CCCCC2)c2ccccc2)n1N. The third-order valence-corrected chi connectivity index (χ3v) is 6.43. The van der Waals surface area contributed by atoms with E-state index in [0.717, 1.165) is 37.1 Å². The van der Waals surface area contributed by atoms with E-state index in [1.807, 2.05) is 59.5 Å². The van der Waals surface area contributed by atoms with Gasteiger partial charge in [0, 0.05) is 13.1 Å².